The second-order valence-corrected chi connectivity index (χ2v) is 13.4. The van der Waals surface area contributed by atoms with E-state index in [0.717, 1.165) is 38.5 Å². The highest BCUT2D eigenvalue weighted by Crippen LogP contribution is 2.64. The first-order chi connectivity index (χ1) is 15.5. The van der Waals surface area contributed by atoms with Gasteiger partial charge in [0.2, 0.25) is 0 Å². The van der Waals surface area contributed by atoms with Gasteiger partial charge in [-0.15, -0.1) is 0 Å². The lowest BCUT2D eigenvalue weighted by Crippen LogP contribution is -2.37. The molecular weight excluding hydrogens is 438 g/mol. The number of hydrogen-bond acceptors (Lipinski definition) is 4. The first-order valence-corrected chi connectivity index (χ1v) is 14.5. The Morgan fingerprint density at radius 1 is 0.848 bits per heavy atom. The highest BCUT2D eigenvalue weighted by atomic mass is 31.2. The highest BCUT2D eigenvalue weighted by molar-refractivity contribution is 7.54. The van der Waals surface area contributed by atoms with Crippen molar-refractivity contribution in [1.82, 2.24) is 0 Å². The van der Waals surface area contributed by atoms with Crippen molar-refractivity contribution in [1.29, 1.82) is 0 Å². The normalized spacial score (nSPS) is 32.3. The van der Waals surface area contributed by atoms with Crippen LogP contribution >= 0.6 is 7.60 Å². The first kappa shape index (κ1) is 26.9. The van der Waals surface area contributed by atoms with Crippen LogP contribution in [0.1, 0.15) is 91.5 Å². The minimum Gasteiger partial charge on any atom is -0.376 e. The van der Waals surface area contributed by atoms with Crippen LogP contribution in [-0.2, 0) is 13.6 Å². The molecule has 0 saturated heterocycles. The molecule has 6 heteroatoms. The Bertz CT molecular complexity index is 758. The predicted octanol–water partition coefficient (Wildman–Crippen LogP) is 7.96. The standard InChI is InChI=1S/C27H44FO4P/c1-17(2)23-13-7-19(5)15-25(23)31-33(30,27(29)21-9-11-22(28)12-10-21)32-26-16-20(6)8-14-24(26)18(3)4/h9-12,17-20,23-27,29H,7-8,13-16H2,1-6H3/t19-,20-,23-,24-,25-,26-,27-/m1/s1. The van der Waals surface area contributed by atoms with E-state index in [2.05, 4.69) is 41.5 Å². The Morgan fingerprint density at radius 2 is 1.27 bits per heavy atom. The average molecular weight is 483 g/mol. The van der Waals surface area contributed by atoms with Crippen LogP contribution < -0.4 is 0 Å². The molecule has 33 heavy (non-hydrogen) atoms. The van der Waals surface area contributed by atoms with E-state index in [4.69, 9.17) is 9.05 Å². The fourth-order valence-corrected chi connectivity index (χ4v) is 7.86. The molecule has 2 aliphatic carbocycles. The molecule has 0 heterocycles. The summed E-state index contributed by atoms with van der Waals surface area (Å²) < 4.78 is 40.9. The summed E-state index contributed by atoms with van der Waals surface area (Å²) in [4.78, 5) is 0. The summed E-state index contributed by atoms with van der Waals surface area (Å²) in [6.07, 6.45) is 5.45. The highest BCUT2D eigenvalue weighted by Gasteiger charge is 2.46. The fraction of sp³-hybridized carbons (Fsp3) is 0.778. The Labute approximate surface area is 200 Å². The van der Waals surface area contributed by atoms with Crippen LogP contribution in [0.4, 0.5) is 4.39 Å². The van der Waals surface area contributed by atoms with Crippen LogP contribution in [-0.4, -0.2) is 17.3 Å². The number of aliphatic hydroxyl groups excluding tert-OH is 1. The summed E-state index contributed by atoms with van der Waals surface area (Å²) in [5.74, 6) is 0.417. The molecule has 0 amide bonds. The zero-order chi connectivity index (χ0) is 24.3. The van der Waals surface area contributed by atoms with Crippen molar-refractivity contribution in [2.45, 2.75) is 98.1 Å². The molecule has 0 aliphatic heterocycles. The SMILES string of the molecule is CC(C)[C@H]1CC[C@@H](C)C[C@H]1OP(=O)(O[C@@H]1C[C@H](C)CC[C@@H]1C(C)C)[C@@H](O)c1ccc(F)cc1. The number of halogens is 1. The number of benzene rings is 1. The van der Waals surface area contributed by atoms with E-state index in [9.17, 15) is 14.1 Å². The van der Waals surface area contributed by atoms with Gasteiger partial charge in [0.05, 0.1) is 12.2 Å². The van der Waals surface area contributed by atoms with Crippen molar-refractivity contribution in [2.24, 2.45) is 35.5 Å². The maximum Gasteiger partial charge on any atom is 0.363 e. The monoisotopic (exact) mass is 482 g/mol. The summed E-state index contributed by atoms with van der Waals surface area (Å²) in [5, 5.41) is 11.3. The molecule has 0 unspecified atom stereocenters. The summed E-state index contributed by atoms with van der Waals surface area (Å²) in [6.45, 7) is 13.1. The third-order valence-corrected chi connectivity index (χ3v) is 9.98. The Morgan fingerprint density at radius 3 is 1.67 bits per heavy atom. The lowest BCUT2D eigenvalue weighted by molar-refractivity contribution is -0.0154. The Hall–Kier alpha value is -0.740. The van der Waals surface area contributed by atoms with Crippen LogP contribution in [0.15, 0.2) is 24.3 Å². The molecule has 2 saturated carbocycles. The van der Waals surface area contributed by atoms with Crippen molar-refractivity contribution in [3.63, 3.8) is 0 Å². The summed E-state index contributed by atoms with van der Waals surface area (Å²) >= 11 is 0. The van der Waals surface area contributed by atoms with Gasteiger partial charge in [0.1, 0.15) is 5.82 Å². The molecule has 0 bridgehead atoms. The van der Waals surface area contributed by atoms with Gasteiger partial charge in [-0.05, 0) is 78.9 Å². The molecule has 0 spiro atoms. The van der Waals surface area contributed by atoms with E-state index < -0.39 is 19.3 Å². The molecule has 188 valence electrons. The van der Waals surface area contributed by atoms with Crippen LogP contribution in [0.25, 0.3) is 0 Å². The van der Waals surface area contributed by atoms with Gasteiger partial charge in [-0.3, -0.25) is 4.57 Å². The van der Waals surface area contributed by atoms with Gasteiger partial charge < -0.3 is 14.2 Å². The molecule has 0 radical (unpaired) electrons. The van der Waals surface area contributed by atoms with Crippen molar-refractivity contribution in [2.75, 3.05) is 0 Å². The third kappa shape index (κ3) is 6.69. The second-order valence-electron chi connectivity index (χ2n) is 11.4. The maximum atomic E-state index is 14.5. The molecule has 1 aromatic carbocycles. The maximum absolute atomic E-state index is 14.5. The molecule has 2 aliphatic rings. The fourth-order valence-electron chi connectivity index (χ4n) is 5.81. The topological polar surface area (TPSA) is 55.8 Å². The smallest absolute Gasteiger partial charge is 0.363 e. The van der Waals surface area contributed by atoms with Crippen molar-refractivity contribution in [3.8, 4) is 0 Å². The summed E-state index contributed by atoms with van der Waals surface area (Å²) in [5.41, 5.74) is 0.370. The van der Waals surface area contributed by atoms with E-state index in [0.29, 0.717) is 29.2 Å². The van der Waals surface area contributed by atoms with Gasteiger partial charge in [0.25, 0.3) is 0 Å². The molecule has 7 atom stereocenters. The first-order valence-electron chi connectivity index (χ1n) is 12.9. The van der Waals surface area contributed by atoms with E-state index in [1.165, 1.54) is 24.3 Å². The summed E-state index contributed by atoms with van der Waals surface area (Å²) in [7, 11) is -3.96. The van der Waals surface area contributed by atoms with Crippen LogP contribution in [0.2, 0.25) is 0 Å². The minimum atomic E-state index is -3.96. The molecule has 0 aromatic heterocycles. The van der Waals surface area contributed by atoms with Gasteiger partial charge >= 0.3 is 7.60 Å². The average Bonchev–Trinajstić information content (AvgIpc) is 2.73. The number of aliphatic hydroxyl groups is 1. The third-order valence-electron chi connectivity index (χ3n) is 7.95. The van der Waals surface area contributed by atoms with Gasteiger partial charge in [0, 0.05) is 0 Å². The lowest BCUT2D eigenvalue weighted by Gasteiger charge is -2.42. The minimum absolute atomic E-state index is 0.229. The molecular formula is C27H44FO4P. The van der Waals surface area contributed by atoms with Crippen LogP contribution in [0.3, 0.4) is 0 Å². The van der Waals surface area contributed by atoms with Crippen molar-refractivity contribution < 1.29 is 23.1 Å². The van der Waals surface area contributed by atoms with E-state index in [1.807, 2.05) is 0 Å². The molecule has 2 fully saturated rings. The second kappa shape index (κ2) is 11.3. The van der Waals surface area contributed by atoms with E-state index in [-0.39, 0.29) is 24.0 Å². The van der Waals surface area contributed by atoms with Gasteiger partial charge in [-0.25, -0.2) is 4.39 Å². The van der Waals surface area contributed by atoms with E-state index >= 15 is 0 Å². The number of rotatable bonds is 8. The van der Waals surface area contributed by atoms with Crippen molar-refractivity contribution >= 4 is 7.60 Å². The molecule has 4 nitrogen and oxygen atoms in total. The molecule has 1 aromatic rings. The lowest BCUT2D eigenvalue weighted by atomic mass is 9.75. The molecule has 1 N–H and O–H groups in total. The largest absolute Gasteiger partial charge is 0.376 e. The quantitative estimate of drug-likeness (QED) is 0.382. The van der Waals surface area contributed by atoms with Gasteiger partial charge in [-0.2, -0.15) is 0 Å². The zero-order valence-electron chi connectivity index (χ0n) is 21.2. The summed E-state index contributed by atoms with van der Waals surface area (Å²) in [6, 6.07) is 5.52. The Kier molecular flexibility index (Phi) is 9.22. The predicted molar refractivity (Wildman–Crippen MR) is 131 cm³/mol. The van der Waals surface area contributed by atoms with Crippen molar-refractivity contribution in [3.05, 3.63) is 35.6 Å². The molecule has 3 rings (SSSR count). The number of hydrogen-bond donors (Lipinski definition) is 1. The van der Waals surface area contributed by atoms with Gasteiger partial charge in [0.15, 0.2) is 5.85 Å². The van der Waals surface area contributed by atoms with Crippen LogP contribution in [0.5, 0.6) is 0 Å². The van der Waals surface area contributed by atoms with Crippen LogP contribution in [0, 0.1) is 41.3 Å². The van der Waals surface area contributed by atoms with Gasteiger partial charge in [-0.1, -0.05) is 66.5 Å². The Balaban J connectivity index is 1.94. The zero-order valence-corrected chi connectivity index (χ0v) is 22.1. The van der Waals surface area contributed by atoms with E-state index in [1.54, 1.807) is 0 Å².